The van der Waals surface area contributed by atoms with E-state index in [0.29, 0.717) is 30.0 Å². The molecule has 0 radical (unpaired) electrons. The molecule has 1 aromatic carbocycles. The number of ether oxygens (including phenoxy) is 1. The van der Waals surface area contributed by atoms with Gasteiger partial charge in [0.15, 0.2) is 11.5 Å². The van der Waals surface area contributed by atoms with Crippen molar-refractivity contribution in [2.45, 2.75) is 44.6 Å². The van der Waals surface area contributed by atoms with Crippen LogP contribution in [0.5, 0.6) is 0 Å². The van der Waals surface area contributed by atoms with Crippen LogP contribution in [0, 0.1) is 0 Å². The van der Waals surface area contributed by atoms with Crippen molar-refractivity contribution in [3.05, 3.63) is 48.3 Å². The van der Waals surface area contributed by atoms with Crippen molar-refractivity contribution in [3.63, 3.8) is 0 Å². The molecule has 0 atom stereocenters. The van der Waals surface area contributed by atoms with Gasteiger partial charge in [-0.05, 0) is 75.4 Å². The molecule has 8 nitrogen and oxygen atoms in total. The molecule has 3 N–H and O–H groups in total. The molecule has 1 aliphatic carbocycles. The zero-order valence-electron chi connectivity index (χ0n) is 18.0. The van der Waals surface area contributed by atoms with E-state index in [1.54, 1.807) is 15.9 Å². The van der Waals surface area contributed by atoms with E-state index < -0.39 is 17.1 Å². The molecule has 1 saturated carbocycles. The number of carbonyl (C=O) groups is 2. The lowest BCUT2D eigenvalue weighted by molar-refractivity contribution is -0.120. The Labute approximate surface area is 188 Å². The highest BCUT2D eigenvalue weighted by Crippen LogP contribution is 2.46. The molecule has 0 unspecified atom stereocenters. The number of thiophene rings is 1. The third-order valence-corrected chi connectivity index (χ3v) is 6.56. The van der Waals surface area contributed by atoms with Crippen molar-refractivity contribution in [2.75, 3.05) is 5.32 Å². The van der Waals surface area contributed by atoms with Crippen molar-refractivity contribution in [3.8, 4) is 10.6 Å². The summed E-state index contributed by atoms with van der Waals surface area (Å²) in [5.74, 6) is 0.115. The highest BCUT2D eigenvalue weighted by molar-refractivity contribution is 7.22. The molecule has 2 amide bonds. The second-order valence-corrected chi connectivity index (χ2v) is 10.1. The third kappa shape index (κ3) is 3.58. The van der Waals surface area contributed by atoms with Gasteiger partial charge in [-0.2, -0.15) is 0 Å². The third-order valence-electron chi connectivity index (χ3n) is 5.42. The van der Waals surface area contributed by atoms with Gasteiger partial charge in [-0.25, -0.2) is 14.3 Å². The average molecular weight is 450 g/mol. The smallest absolute Gasteiger partial charge is 0.412 e. The van der Waals surface area contributed by atoms with E-state index in [4.69, 9.17) is 10.5 Å². The number of fused-ring (bicyclic) bond motifs is 2. The van der Waals surface area contributed by atoms with Gasteiger partial charge in [0.25, 0.3) is 0 Å². The molecule has 9 heteroatoms. The highest BCUT2D eigenvalue weighted by Gasteiger charge is 2.53. The number of nitrogens with two attached hydrogens (primary N) is 1. The molecular formula is C23H23N5O3S. The number of nitrogens with zero attached hydrogens (tertiary/aromatic N) is 3. The van der Waals surface area contributed by atoms with E-state index in [0.717, 1.165) is 20.7 Å². The number of hydrogen-bond acceptors (Lipinski definition) is 6. The van der Waals surface area contributed by atoms with Gasteiger partial charge in [0.05, 0.1) is 10.6 Å². The van der Waals surface area contributed by atoms with E-state index in [1.165, 1.54) is 0 Å². The largest absolute Gasteiger partial charge is 0.444 e. The number of rotatable bonds is 4. The average Bonchev–Trinajstić information content (AvgIpc) is 3.23. The van der Waals surface area contributed by atoms with Crippen LogP contribution in [0.2, 0.25) is 0 Å². The van der Waals surface area contributed by atoms with Crippen LogP contribution in [0.3, 0.4) is 0 Å². The Morgan fingerprint density at radius 2 is 1.97 bits per heavy atom. The summed E-state index contributed by atoms with van der Waals surface area (Å²) in [6.07, 6.45) is 0.881. The van der Waals surface area contributed by atoms with Gasteiger partial charge in [-0.1, -0.05) is 6.07 Å². The van der Waals surface area contributed by atoms with Crippen LogP contribution in [0.4, 0.5) is 10.5 Å². The van der Waals surface area contributed by atoms with Crippen molar-refractivity contribution < 1.29 is 14.3 Å². The zero-order valence-corrected chi connectivity index (χ0v) is 18.8. The molecule has 3 aromatic heterocycles. The first-order chi connectivity index (χ1) is 15.1. The molecule has 3 heterocycles. The maximum atomic E-state index is 12.1. The van der Waals surface area contributed by atoms with Crippen molar-refractivity contribution in [1.29, 1.82) is 0 Å². The molecule has 4 aromatic rings. The van der Waals surface area contributed by atoms with Gasteiger partial charge < -0.3 is 10.5 Å². The Morgan fingerprint density at radius 3 is 2.66 bits per heavy atom. The first-order valence-corrected chi connectivity index (χ1v) is 11.2. The van der Waals surface area contributed by atoms with Crippen LogP contribution in [-0.4, -0.2) is 32.2 Å². The second-order valence-electron chi connectivity index (χ2n) is 9.05. The van der Waals surface area contributed by atoms with E-state index in [-0.39, 0.29) is 5.91 Å². The van der Waals surface area contributed by atoms with Gasteiger partial charge in [0.2, 0.25) is 5.91 Å². The Bertz CT molecular complexity index is 1380. The Kier molecular flexibility index (Phi) is 4.49. The number of aromatic nitrogens is 3. The fourth-order valence-electron chi connectivity index (χ4n) is 3.67. The molecule has 32 heavy (non-hydrogen) atoms. The lowest BCUT2D eigenvalue weighted by Crippen LogP contribution is -2.29. The number of pyridine rings is 1. The highest BCUT2D eigenvalue weighted by atomic mass is 32.1. The Hall–Kier alpha value is -3.46. The van der Waals surface area contributed by atoms with Crippen LogP contribution >= 0.6 is 11.3 Å². The molecule has 5 rings (SSSR count). The molecule has 1 aliphatic rings. The van der Waals surface area contributed by atoms with E-state index >= 15 is 0 Å². The number of hydrogen-bond donors (Lipinski definition) is 2. The Morgan fingerprint density at radius 1 is 1.19 bits per heavy atom. The van der Waals surface area contributed by atoms with E-state index in [2.05, 4.69) is 21.5 Å². The lowest BCUT2D eigenvalue weighted by atomic mass is 10.1. The van der Waals surface area contributed by atoms with Gasteiger partial charge in [-0.15, -0.1) is 16.4 Å². The van der Waals surface area contributed by atoms with Crippen LogP contribution in [0.1, 0.15) is 39.4 Å². The van der Waals surface area contributed by atoms with Crippen molar-refractivity contribution >= 4 is 44.8 Å². The maximum Gasteiger partial charge on any atom is 0.412 e. The van der Waals surface area contributed by atoms with Gasteiger partial charge in [-0.3, -0.25) is 10.1 Å². The fraction of sp³-hybridized carbons (Fsp3) is 0.304. The lowest BCUT2D eigenvalue weighted by Gasteiger charge is -2.19. The second kappa shape index (κ2) is 7.03. The van der Waals surface area contributed by atoms with Crippen LogP contribution in [0.25, 0.3) is 26.3 Å². The summed E-state index contributed by atoms with van der Waals surface area (Å²) in [7, 11) is 0. The zero-order chi connectivity index (χ0) is 22.7. The van der Waals surface area contributed by atoms with Crippen molar-refractivity contribution in [2.24, 2.45) is 5.73 Å². The summed E-state index contributed by atoms with van der Waals surface area (Å²) in [6.45, 7) is 5.47. The normalized spacial score (nSPS) is 15.1. The summed E-state index contributed by atoms with van der Waals surface area (Å²) in [4.78, 5) is 29.6. The molecule has 0 aliphatic heterocycles. The molecule has 0 saturated heterocycles. The van der Waals surface area contributed by atoms with E-state index in [1.807, 2.05) is 57.2 Å². The van der Waals surface area contributed by atoms with Crippen LogP contribution < -0.4 is 11.1 Å². The molecule has 0 spiro atoms. The summed E-state index contributed by atoms with van der Waals surface area (Å²) < 4.78 is 8.17. The number of benzene rings is 1. The van der Waals surface area contributed by atoms with Crippen LogP contribution in [0.15, 0.2) is 42.5 Å². The summed E-state index contributed by atoms with van der Waals surface area (Å²) >= 11 is 1.62. The minimum atomic E-state index is -0.730. The van der Waals surface area contributed by atoms with Gasteiger partial charge >= 0.3 is 6.09 Å². The first kappa shape index (κ1) is 20.4. The standard InChI is InChI=1S/C23H23N5O3S/c1-22(2,3)31-21(30)25-14-7-8-16-13(11-14)12-17(32-16)15-5-4-6-18-26-20(27-28(15)18)23(9-10-23)19(24)29/h4-8,11-12H,9-10H2,1-3H3,(H2,24,29)(H,25,30). The monoisotopic (exact) mass is 449 g/mol. The first-order valence-electron chi connectivity index (χ1n) is 10.3. The maximum absolute atomic E-state index is 12.1. The van der Waals surface area contributed by atoms with Crippen LogP contribution in [-0.2, 0) is 14.9 Å². The Balaban J connectivity index is 1.49. The quantitative estimate of drug-likeness (QED) is 0.477. The summed E-state index contributed by atoms with van der Waals surface area (Å²) in [6, 6.07) is 13.6. The number of amides is 2. The topological polar surface area (TPSA) is 112 Å². The fourth-order valence-corrected chi connectivity index (χ4v) is 4.72. The predicted molar refractivity (Wildman–Crippen MR) is 124 cm³/mol. The molecule has 0 bridgehead atoms. The number of nitrogens with one attached hydrogen (secondary N) is 1. The van der Waals surface area contributed by atoms with Gasteiger partial charge in [0.1, 0.15) is 11.0 Å². The molecular weight excluding hydrogens is 426 g/mol. The summed E-state index contributed by atoms with van der Waals surface area (Å²) in [5.41, 5.74) is 6.53. The predicted octanol–water partition coefficient (Wildman–Crippen LogP) is 4.47. The van der Waals surface area contributed by atoms with Gasteiger partial charge in [0, 0.05) is 10.4 Å². The number of anilines is 1. The molecule has 164 valence electrons. The van der Waals surface area contributed by atoms with E-state index in [9.17, 15) is 9.59 Å². The minimum Gasteiger partial charge on any atom is -0.444 e. The van der Waals surface area contributed by atoms with Crippen molar-refractivity contribution in [1.82, 2.24) is 14.6 Å². The number of carbonyl (C=O) groups excluding carboxylic acids is 2. The number of primary amides is 1. The summed E-state index contributed by atoms with van der Waals surface area (Å²) in [5, 5.41) is 8.41. The molecule has 1 fully saturated rings. The SMILES string of the molecule is CC(C)(C)OC(=O)Nc1ccc2sc(-c3cccc4nc(C5(C(N)=O)CC5)nn34)cc2c1. The minimum absolute atomic E-state index is 0.373.